The minimum absolute atomic E-state index is 0.527. The van der Waals surface area contributed by atoms with E-state index < -0.39 is 5.54 Å². The van der Waals surface area contributed by atoms with Crippen molar-refractivity contribution in [2.24, 2.45) is 10.7 Å². The van der Waals surface area contributed by atoms with E-state index in [2.05, 4.69) is 11.1 Å². The highest BCUT2D eigenvalue weighted by atomic mass is 32.2. The van der Waals surface area contributed by atoms with Crippen LogP contribution in [0.3, 0.4) is 0 Å². The highest BCUT2D eigenvalue weighted by Crippen LogP contribution is 2.24. The van der Waals surface area contributed by atoms with Gasteiger partial charge in [-0.25, -0.2) is 4.99 Å². The van der Waals surface area contributed by atoms with Crippen LogP contribution < -0.4 is 5.73 Å². The van der Waals surface area contributed by atoms with Gasteiger partial charge in [0.2, 0.25) is 0 Å². The molecule has 0 amide bonds. The third-order valence-corrected chi connectivity index (χ3v) is 2.19. The van der Waals surface area contributed by atoms with E-state index in [1.807, 2.05) is 0 Å². The summed E-state index contributed by atoms with van der Waals surface area (Å²) in [6, 6.07) is 2.08. The van der Waals surface area contributed by atoms with E-state index in [4.69, 9.17) is 11.0 Å². The zero-order valence-corrected chi connectivity index (χ0v) is 5.90. The second kappa shape index (κ2) is 1.92. The van der Waals surface area contributed by atoms with Crippen LogP contribution in [0.25, 0.3) is 0 Å². The van der Waals surface area contributed by atoms with Crippen molar-refractivity contribution in [1.29, 1.82) is 5.26 Å². The Morgan fingerprint density at radius 3 is 2.89 bits per heavy atom. The number of nitrogens with zero attached hydrogens (tertiary/aromatic N) is 2. The number of rotatable bonds is 0. The fourth-order valence-electron chi connectivity index (χ4n) is 0.580. The summed E-state index contributed by atoms with van der Waals surface area (Å²) in [7, 11) is 0. The van der Waals surface area contributed by atoms with Gasteiger partial charge in [0.1, 0.15) is 0 Å². The average Bonchev–Trinajstić information content (AvgIpc) is 2.13. The molecule has 0 radical (unpaired) electrons. The Kier molecular flexibility index (Phi) is 1.37. The lowest BCUT2D eigenvalue weighted by Gasteiger charge is -2.04. The van der Waals surface area contributed by atoms with Gasteiger partial charge >= 0.3 is 0 Å². The average molecular weight is 141 g/mol. The predicted octanol–water partition coefficient (Wildman–Crippen LogP) is 0.330. The standard InChI is InChI=1S/C5H7N3S/c1-5(2-6)3-9-4(7)8-5/h3H2,1H3,(H2,7,8). The van der Waals surface area contributed by atoms with E-state index in [0.29, 0.717) is 10.9 Å². The largest absolute Gasteiger partial charge is 0.378 e. The van der Waals surface area contributed by atoms with Crippen LogP contribution >= 0.6 is 11.8 Å². The molecule has 2 N–H and O–H groups in total. The van der Waals surface area contributed by atoms with Crippen LogP contribution in [-0.4, -0.2) is 16.5 Å². The maximum Gasteiger partial charge on any atom is 0.156 e. The van der Waals surface area contributed by atoms with Crippen LogP contribution in [0.1, 0.15) is 6.92 Å². The highest BCUT2D eigenvalue weighted by Gasteiger charge is 2.28. The van der Waals surface area contributed by atoms with Gasteiger partial charge in [-0.1, -0.05) is 11.8 Å². The Hall–Kier alpha value is -0.690. The number of hydrogen-bond acceptors (Lipinski definition) is 4. The van der Waals surface area contributed by atoms with Gasteiger partial charge < -0.3 is 5.73 Å². The number of amidine groups is 1. The van der Waals surface area contributed by atoms with Crippen LogP contribution in [0.2, 0.25) is 0 Å². The summed E-state index contributed by atoms with van der Waals surface area (Å²) in [4.78, 5) is 3.94. The molecule has 4 heteroatoms. The number of aliphatic imine (C=N–C) groups is 1. The predicted molar refractivity (Wildman–Crippen MR) is 38.1 cm³/mol. The molecule has 48 valence electrons. The van der Waals surface area contributed by atoms with Crippen LogP contribution in [-0.2, 0) is 0 Å². The van der Waals surface area contributed by atoms with Crippen molar-refractivity contribution in [2.75, 3.05) is 5.75 Å². The monoisotopic (exact) mass is 141 g/mol. The van der Waals surface area contributed by atoms with Crippen molar-refractivity contribution in [1.82, 2.24) is 0 Å². The first-order chi connectivity index (χ1) is 4.16. The molecule has 1 aliphatic heterocycles. The minimum Gasteiger partial charge on any atom is -0.378 e. The van der Waals surface area contributed by atoms with Gasteiger partial charge in [0.05, 0.1) is 6.07 Å². The van der Waals surface area contributed by atoms with Crippen molar-refractivity contribution in [2.45, 2.75) is 12.5 Å². The van der Waals surface area contributed by atoms with Gasteiger partial charge in [-0.3, -0.25) is 0 Å². The van der Waals surface area contributed by atoms with Crippen molar-refractivity contribution in [3.63, 3.8) is 0 Å². The van der Waals surface area contributed by atoms with Crippen LogP contribution in [0.4, 0.5) is 0 Å². The lowest BCUT2D eigenvalue weighted by molar-refractivity contribution is 0.697. The molecule has 0 saturated heterocycles. The molecule has 1 unspecified atom stereocenters. The van der Waals surface area contributed by atoms with Crippen LogP contribution in [0.15, 0.2) is 4.99 Å². The Morgan fingerprint density at radius 1 is 2.00 bits per heavy atom. The molecular weight excluding hydrogens is 134 g/mol. The molecule has 0 aromatic rings. The lowest BCUT2D eigenvalue weighted by Crippen LogP contribution is -2.18. The SMILES string of the molecule is CC1(C#N)CSC(N)=N1. The highest BCUT2D eigenvalue weighted by molar-refractivity contribution is 8.14. The summed E-state index contributed by atoms with van der Waals surface area (Å²) in [6.07, 6.45) is 0. The molecule has 1 rings (SSSR count). The molecule has 1 aliphatic rings. The Morgan fingerprint density at radius 2 is 2.67 bits per heavy atom. The summed E-state index contributed by atoms with van der Waals surface area (Å²) in [5, 5.41) is 9.04. The molecule has 0 fully saturated rings. The molecule has 0 aromatic heterocycles. The Bertz CT molecular complexity index is 193. The molecule has 0 saturated carbocycles. The molecule has 0 spiro atoms. The number of nitriles is 1. The smallest absolute Gasteiger partial charge is 0.156 e. The van der Waals surface area contributed by atoms with Crippen molar-refractivity contribution in [3.05, 3.63) is 0 Å². The van der Waals surface area contributed by atoms with Crippen molar-refractivity contribution >= 4 is 16.9 Å². The van der Waals surface area contributed by atoms with Crippen molar-refractivity contribution < 1.29 is 0 Å². The maximum atomic E-state index is 8.52. The van der Waals surface area contributed by atoms with E-state index in [1.165, 1.54) is 11.8 Å². The van der Waals surface area contributed by atoms with Crippen LogP contribution in [0.5, 0.6) is 0 Å². The first-order valence-electron chi connectivity index (χ1n) is 2.56. The summed E-state index contributed by atoms with van der Waals surface area (Å²) >= 11 is 1.43. The van der Waals surface area contributed by atoms with Gasteiger partial charge in [0, 0.05) is 5.75 Å². The number of thioether (sulfide) groups is 1. The topological polar surface area (TPSA) is 62.2 Å². The first kappa shape index (κ1) is 6.43. The summed E-state index contributed by atoms with van der Waals surface area (Å²) in [5.41, 5.74) is 4.79. The molecule has 1 heterocycles. The van der Waals surface area contributed by atoms with E-state index in [9.17, 15) is 0 Å². The first-order valence-corrected chi connectivity index (χ1v) is 3.54. The lowest BCUT2D eigenvalue weighted by atomic mass is 10.1. The zero-order valence-electron chi connectivity index (χ0n) is 5.09. The Balaban J connectivity index is 2.79. The molecule has 0 bridgehead atoms. The van der Waals surface area contributed by atoms with Gasteiger partial charge in [-0.15, -0.1) is 0 Å². The van der Waals surface area contributed by atoms with E-state index >= 15 is 0 Å². The molecule has 0 aliphatic carbocycles. The third-order valence-electron chi connectivity index (χ3n) is 1.10. The quantitative estimate of drug-likeness (QED) is 0.528. The fraction of sp³-hybridized carbons (Fsp3) is 0.600. The van der Waals surface area contributed by atoms with Crippen LogP contribution in [0, 0.1) is 11.3 Å². The van der Waals surface area contributed by atoms with E-state index in [-0.39, 0.29) is 0 Å². The van der Waals surface area contributed by atoms with E-state index in [0.717, 1.165) is 0 Å². The summed E-state index contributed by atoms with van der Waals surface area (Å²) in [5.74, 6) is 0.690. The van der Waals surface area contributed by atoms with Gasteiger partial charge in [-0.2, -0.15) is 5.26 Å². The second-order valence-electron chi connectivity index (χ2n) is 2.12. The third kappa shape index (κ3) is 1.16. The Labute approximate surface area is 57.9 Å². The fourth-order valence-corrected chi connectivity index (χ4v) is 1.40. The zero-order chi connectivity index (χ0) is 6.91. The normalized spacial score (nSPS) is 33.6. The van der Waals surface area contributed by atoms with Gasteiger partial charge in [0.15, 0.2) is 10.7 Å². The molecule has 9 heavy (non-hydrogen) atoms. The molecule has 1 atom stereocenters. The number of nitrogens with two attached hydrogens (primary N) is 1. The summed E-state index contributed by atoms with van der Waals surface area (Å²) < 4.78 is 0. The summed E-state index contributed by atoms with van der Waals surface area (Å²) in [6.45, 7) is 1.78. The second-order valence-corrected chi connectivity index (χ2v) is 3.12. The number of hydrogen-bond donors (Lipinski definition) is 1. The maximum absolute atomic E-state index is 8.52. The van der Waals surface area contributed by atoms with Crippen molar-refractivity contribution in [3.8, 4) is 6.07 Å². The van der Waals surface area contributed by atoms with Gasteiger partial charge in [0.25, 0.3) is 0 Å². The molecule has 0 aromatic carbocycles. The molecule has 3 nitrogen and oxygen atoms in total. The molecular formula is C5H7N3S. The van der Waals surface area contributed by atoms with E-state index in [1.54, 1.807) is 6.92 Å². The van der Waals surface area contributed by atoms with Gasteiger partial charge in [-0.05, 0) is 6.92 Å². The minimum atomic E-state index is -0.561.